The van der Waals surface area contributed by atoms with E-state index in [-0.39, 0.29) is 11.8 Å². The van der Waals surface area contributed by atoms with E-state index in [1.54, 1.807) is 0 Å². The second-order valence-electron chi connectivity index (χ2n) is 4.99. The van der Waals surface area contributed by atoms with Crippen molar-refractivity contribution in [3.63, 3.8) is 0 Å². The highest BCUT2D eigenvalue weighted by Crippen LogP contribution is 2.12. The molecule has 0 radical (unpaired) electrons. The number of rotatable bonds is 4. The molecule has 0 aliphatic rings. The standard InChI is InChI=1S/C15H20N2O/c1-10(2)14(8-16)15(18)17-9-13-6-5-11(3)12(4)7-13/h5-7,10,14H,9H2,1-4H3,(H,17,18). The van der Waals surface area contributed by atoms with E-state index in [1.165, 1.54) is 11.1 Å². The summed E-state index contributed by atoms with van der Waals surface area (Å²) in [6.07, 6.45) is 0. The maximum absolute atomic E-state index is 11.8. The van der Waals surface area contributed by atoms with Gasteiger partial charge in [-0.3, -0.25) is 4.79 Å². The van der Waals surface area contributed by atoms with Gasteiger partial charge in [-0.1, -0.05) is 32.0 Å². The van der Waals surface area contributed by atoms with Crippen molar-refractivity contribution in [2.75, 3.05) is 0 Å². The van der Waals surface area contributed by atoms with E-state index in [1.807, 2.05) is 39.0 Å². The summed E-state index contributed by atoms with van der Waals surface area (Å²) < 4.78 is 0. The molecule has 1 unspecified atom stereocenters. The SMILES string of the molecule is Cc1ccc(CNC(=O)C(C#N)C(C)C)cc1C. The average molecular weight is 244 g/mol. The average Bonchev–Trinajstić information content (AvgIpc) is 2.31. The molecule has 1 aromatic rings. The van der Waals surface area contributed by atoms with Crippen LogP contribution in [0.3, 0.4) is 0 Å². The second kappa shape index (κ2) is 6.20. The minimum atomic E-state index is -0.573. The summed E-state index contributed by atoms with van der Waals surface area (Å²) in [7, 11) is 0. The van der Waals surface area contributed by atoms with E-state index in [9.17, 15) is 4.79 Å². The smallest absolute Gasteiger partial charge is 0.237 e. The van der Waals surface area contributed by atoms with Crippen LogP contribution in [0.4, 0.5) is 0 Å². The molecule has 0 bridgehead atoms. The van der Waals surface area contributed by atoms with Crippen molar-refractivity contribution in [1.29, 1.82) is 5.26 Å². The Morgan fingerprint density at radius 3 is 2.50 bits per heavy atom. The molecule has 0 spiro atoms. The van der Waals surface area contributed by atoms with Crippen LogP contribution in [0.1, 0.15) is 30.5 Å². The molecular formula is C15H20N2O. The Kier molecular flexibility index (Phi) is 4.91. The maximum Gasteiger partial charge on any atom is 0.237 e. The second-order valence-corrected chi connectivity index (χ2v) is 4.99. The molecule has 0 saturated heterocycles. The maximum atomic E-state index is 11.8. The number of nitrogens with one attached hydrogen (secondary N) is 1. The number of carbonyl (C=O) groups excluding carboxylic acids is 1. The number of nitrogens with zero attached hydrogens (tertiary/aromatic N) is 1. The molecule has 3 heteroatoms. The van der Waals surface area contributed by atoms with E-state index in [4.69, 9.17) is 5.26 Å². The lowest BCUT2D eigenvalue weighted by atomic mass is 9.96. The Morgan fingerprint density at radius 1 is 1.33 bits per heavy atom. The summed E-state index contributed by atoms with van der Waals surface area (Å²) in [5, 5.41) is 11.8. The van der Waals surface area contributed by atoms with Crippen molar-refractivity contribution in [2.24, 2.45) is 11.8 Å². The number of benzene rings is 1. The quantitative estimate of drug-likeness (QED) is 0.885. The van der Waals surface area contributed by atoms with Crippen molar-refractivity contribution < 1.29 is 4.79 Å². The predicted octanol–water partition coefficient (Wildman–Crippen LogP) is 2.72. The van der Waals surface area contributed by atoms with Gasteiger partial charge in [0.1, 0.15) is 5.92 Å². The van der Waals surface area contributed by atoms with Gasteiger partial charge in [-0.2, -0.15) is 5.26 Å². The number of hydrogen-bond donors (Lipinski definition) is 1. The summed E-state index contributed by atoms with van der Waals surface area (Å²) in [6, 6.07) is 8.15. The van der Waals surface area contributed by atoms with E-state index < -0.39 is 5.92 Å². The molecular weight excluding hydrogens is 224 g/mol. The van der Waals surface area contributed by atoms with Crippen LogP contribution < -0.4 is 5.32 Å². The van der Waals surface area contributed by atoms with Crippen LogP contribution in [0.5, 0.6) is 0 Å². The van der Waals surface area contributed by atoms with Gasteiger partial charge in [0.25, 0.3) is 0 Å². The van der Waals surface area contributed by atoms with Crippen LogP contribution in [0.2, 0.25) is 0 Å². The molecule has 0 aromatic heterocycles. The Hall–Kier alpha value is -1.82. The zero-order valence-corrected chi connectivity index (χ0v) is 11.4. The molecule has 18 heavy (non-hydrogen) atoms. The molecule has 1 N–H and O–H groups in total. The zero-order valence-electron chi connectivity index (χ0n) is 11.4. The van der Waals surface area contributed by atoms with E-state index >= 15 is 0 Å². The van der Waals surface area contributed by atoms with Gasteiger partial charge in [0.15, 0.2) is 0 Å². The fourth-order valence-corrected chi connectivity index (χ4v) is 1.72. The number of aryl methyl sites for hydroxylation is 2. The molecule has 0 saturated carbocycles. The summed E-state index contributed by atoms with van der Waals surface area (Å²) in [4.78, 5) is 11.8. The van der Waals surface area contributed by atoms with Crippen LogP contribution in [-0.2, 0) is 11.3 Å². The van der Waals surface area contributed by atoms with Crippen LogP contribution in [0.25, 0.3) is 0 Å². The lowest BCUT2D eigenvalue weighted by Gasteiger charge is -2.13. The third-order valence-corrected chi connectivity index (χ3v) is 3.13. The number of nitriles is 1. The van der Waals surface area contributed by atoms with Crippen LogP contribution in [0, 0.1) is 37.0 Å². The third kappa shape index (κ3) is 3.59. The van der Waals surface area contributed by atoms with Gasteiger partial charge < -0.3 is 5.32 Å². The topological polar surface area (TPSA) is 52.9 Å². The Labute approximate surface area is 109 Å². The first-order valence-corrected chi connectivity index (χ1v) is 6.19. The fourth-order valence-electron chi connectivity index (χ4n) is 1.72. The molecule has 1 amide bonds. The lowest BCUT2D eigenvalue weighted by molar-refractivity contribution is -0.124. The van der Waals surface area contributed by atoms with Gasteiger partial charge in [-0.15, -0.1) is 0 Å². The van der Waals surface area contributed by atoms with Gasteiger partial charge in [0.05, 0.1) is 6.07 Å². The van der Waals surface area contributed by atoms with Crippen molar-refractivity contribution in [3.8, 4) is 6.07 Å². The summed E-state index contributed by atoms with van der Waals surface area (Å²) in [5.41, 5.74) is 3.51. The molecule has 0 aliphatic carbocycles. The van der Waals surface area contributed by atoms with E-state index in [2.05, 4.69) is 18.3 Å². The highest BCUT2D eigenvalue weighted by Gasteiger charge is 2.20. The zero-order chi connectivity index (χ0) is 13.7. The van der Waals surface area contributed by atoms with Crippen LogP contribution in [0.15, 0.2) is 18.2 Å². The van der Waals surface area contributed by atoms with Crippen molar-refractivity contribution in [1.82, 2.24) is 5.32 Å². The Morgan fingerprint density at radius 2 is 2.00 bits per heavy atom. The molecule has 1 atom stereocenters. The predicted molar refractivity (Wildman–Crippen MR) is 71.7 cm³/mol. The normalized spacial score (nSPS) is 12.0. The first-order chi connectivity index (χ1) is 8.45. The third-order valence-electron chi connectivity index (χ3n) is 3.13. The molecule has 3 nitrogen and oxygen atoms in total. The van der Waals surface area contributed by atoms with E-state index in [0.717, 1.165) is 5.56 Å². The number of amides is 1. The number of hydrogen-bond acceptors (Lipinski definition) is 2. The van der Waals surface area contributed by atoms with E-state index in [0.29, 0.717) is 6.54 Å². The van der Waals surface area contributed by atoms with Gasteiger partial charge in [0, 0.05) is 6.54 Å². The monoisotopic (exact) mass is 244 g/mol. The molecule has 96 valence electrons. The Bertz CT molecular complexity index is 472. The molecule has 1 aromatic carbocycles. The number of carbonyl (C=O) groups is 1. The first kappa shape index (κ1) is 14.2. The van der Waals surface area contributed by atoms with Crippen molar-refractivity contribution >= 4 is 5.91 Å². The van der Waals surface area contributed by atoms with Gasteiger partial charge in [0.2, 0.25) is 5.91 Å². The Balaban J connectivity index is 2.63. The lowest BCUT2D eigenvalue weighted by Crippen LogP contribution is -2.32. The highest BCUT2D eigenvalue weighted by molar-refractivity contribution is 5.81. The van der Waals surface area contributed by atoms with Gasteiger partial charge in [-0.05, 0) is 36.5 Å². The molecule has 0 aliphatic heterocycles. The van der Waals surface area contributed by atoms with Crippen molar-refractivity contribution in [2.45, 2.75) is 34.2 Å². The first-order valence-electron chi connectivity index (χ1n) is 6.19. The highest BCUT2D eigenvalue weighted by atomic mass is 16.1. The minimum Gasteiger partial charge on any atom is -0.351 e. The fraction of sp³-hybridized carbons (Fsp3) is 0.467. The minimum absolute atomic E-state index is 0.0368. The van der Waals surface area contributed by atoms with Crippen LogP contribution >= 0.6 is 0 Å². The van der Waals surface area contributed by atoms with Crippen molar-refractivity contribution in [3.05, 3.63) is 34.9 Å². The molecule has 0 heterocycles. The largest absolute Gasteiger partial charge is 0.351 e. The summed E-state index contributed by atoms with van der Waals surface area (Å²) in [5.74, 6) is -0.725. The van der Waals surface area contributed by atoms with Gasteiger partial charge >= 0.3 is 0 Å². The van der Waals surface area contributed by atoms with Gasteiger partial charge in [-0.25, -0.2) is 0 Å². The summed E-state index contributed by atoms with van der Waals surface area (Å²) in [6.45, 7) is 8.34. The summed E-state index contributed by atoms with van der Waals surface area (Å²) >= 11 is 0. The van der Waals surface area contributed by atoms with Crippen LogP contribution in [-0.4, -0.2) is 5.91 Å². The molecule has 1 rings (SSSR count). The molecule has 0 fully saturated rings.